The Hall–Kier alpha value is -1.20. The van der Waals surface area contributed by atoms with E-state index >= 15 is 0 Å². The lowest BCUT2D eigenvalue weighted by Crippen LogP contribution is -2.47. The first-order valence-corrected chi connectivity index (χ1v) is 6.88. The molecule has 0 atom stereocenters. The molecule has 1 aliphatic rings. The van der Waals surface area contributed by atoms with Crippen LogP contribution >= 0.6 is 15.9 Å². The predicted molar refractivity (Wildman–Crippen MR) is 72.9 cm³/mol. The lowest BCUT2D eigenvalue weighted by atomic mass is 9.99. The molecular weight excluding hydrogens is 292 g/mol. The summed E-state index contributed by atoms with van der Waals surface area (Å²) in [6.45, 7) is 4.31. The molecule has 0 aliphatic carbocycles. The molecule has 3 heterocycles. The van der Waals surface area contributed by atoms with Crippen molar-refractivity contribution in [2.75, 3.05) is 13.1 Å². The van der Waals surface area contributed by atoms with Crippen molar-refractivity contribution < 1.29 is 0 Å². The molecule has 1 saturated heterocycles. The summed E-state index contributed by atoms with van der Waals surface area (Å²) in [5, 5.41) is 4.29. The molecule has 0 amide bonds. The van der Waals surface area contributed by atoms with E-state index < -0.39 is 0 Å². The molecule has 4 nitrogen and oxygen atoms in total. The highest BCUT2D eigenvalue weighted by Crippen LogP contribution is 2.20. The molecule has 3 rings (SSSR count). The van der Waals surface area contributed by atoms with E-state index in [1.165, 1.54) is 5.56 Å². The van der Waals surface area contributed by atoms with E-state index in [-0.39, 0.29) is 0 Å². The normalized spacial score (nSPS) is 16.7. The van der Waals surface area contributed by atoms with E-state index in [1.54, 1.807) is 0 Å². The second-order valence-electron chi connectivity index (χ2n) is 4.80. The molecule has 0 unspecified atom stereocenters. The molecule has 1 fully saturated rings. The second kappa shape index (κ2) is 5.20. The minimum atomic E-state index is 0.716. The van der Waals surface area contributed by atoms with Gasteiger partial charge in [-0.3, -0.25) is 14.6 Å². The molecule has 0 bridgehead atoms. The van der Waals surface area contributed by atoms with Gasteiger partial charge in [-0.2, -0.15) is 5.10 Å². The minimum Gasteiger partial charge on any atom is -0.298 e. The van der Waals surface area contributed by atoms with Crippen LogP contribution in [0.1, 0.15) is 5.56 Å². The van der Waals surface area contributed by atoms with Crippen molar-refractivity contribution >= 4 is 15.9 Å². The van der Waals surface area contributed by atoms with Gasteiger partial charge < -0.3 is 0 Å². The van der Waals surface area contributed by atoms with Crippen molar-refractivity contribution in [1.82, 2.24) is 19.7 Å². The minimum absolute atomic E-state index is 0.716. The van der Waals surface area contributed by atoms with Gasteiger partial charge in [-0.25, -0.2) is 0 Å². The van der Waals surface area contributed by atoms with Crippen LogP contribution in [0.15, 0.2) is 41.4 Å². The Kier molecular flexibility index (Phi) is 3.43. The first kappa shape index (κ1) is 11.9. The molecule has 2 aromatic rings. The van der Waals surface area contributed by atoms with Crippen LogP contribution in [0.5, 0.6) is 0 Å². The molecule has 0 saturated carbocycles. The Bertz CT molecular complexity index is 505. The number of halogens is 1. The van der Waals surface area contributed by atoms with E-state index in [9.17, 15) is 0 Å². The van der Waals surface area contributed by atoms with E-state index in [2.05, 4.69) is 37.0 Å². The number of hydrogen-bond acceptors (Lipinski definition) is 3. The maximum atomic E-state index is 4.29. The topological polar surface area (TPSA) is 34.0 Å². The van der Waals surface area contributed by atoms with E-state index in [4.69, 9.17) is 0 Å². The SMILES string of the molecule is Brc1cnn(CC2CN(Cc3cccnc3)C2)c1. The smallest absolute Gasteiger partial charge is 0.0632 e. The summed E-state index contributed by atoms with van der Waals surface area (Å²) in [5.74, 6) is 0.716. The van der Waals surface area contributed by atoms with Gasteiger partial charge in [0.15, 0.2) is 0 Å². The van der Waals surface area contributed by atoms with Crippen LogP contribution in [-0.4, -0.2) is 32.8 Å². The molecule has 5 heteroatoms. The number of aromatic nitrogens is 3. The standard InChI is InChI=1S/C13H15BrN4/c14-13-5-16-18(10-13)9-12-7-17(8-12)6-11-2-1-3-15-4-11/h1-5,10,12H,6-9H2. The fourth-order valence-corrected chi connectivity index (χ4v) is 2.70. The van der Waals surface area contributed by atoms with Gasteiger partial charge in [0, 0.05) is 50.7 Å². The van der Waals surface area contributed by atoms with Crippen molar-refractivity contribution in [3.63, 3.8) is 0 Å². The van der Waals surface area contributed by atoms with Crippen molar-refractivity contribution in [3.8, 4) is 0 Å². The predicted octanol–water partition coefficient (Wildman–Crippen LogP) is 2.17. The second-order valence-corrected chi connectivity index (χ2v) is 5.72. The first-order chi connectivity index (χ1) is 8.79. The molecule has 94 valence electrons. The van der Waals surface area contributed by atoms with Crippen molar-refractivity contribution in [1.29, 1.82) is 0 Å². The summed E-state index contributed by atoms with van der Waals surface area (Å²) >= 11 is 3.42. The molecule has 18 heavy (non-hydrogen) atoms. The summed E-state index contributed by atoms with van der Waals surface area (Å²) in [6.07, 6.45) is 7.63. The summed E-state index contributed by atoms with van der Waals surface area (Å²) in [4.78, 5) is 6.58. The maximum Gasteiger partial charge on any atom is 0.0632 e. The summed E-state index contributed by atoms with van der Waals surface area (Å²) in [5.41, 5.74) is 1.29. The van der Waals surface area contributed by atoms with E-state index in [1.807, 2.05) is 35.5 Å². The van der Waals surface area contributed by atoms with E-state index in [0.29, 0.717) is 5.92 Å². The molecule has 0 aromatic carbocycles. The highest BCUT2D eigenvalue weighted by atomic mass is 79.9. The Morgan fingerprint density at radius 2 is 2.22 bits per heavy atom. The Balaban J connectivity index is 1.46. The number of likely N-dealkylation sites (tertiary alicyclic amines) is 1. The number of hydrogen-bond donors (Lipinski definition) is 0. The van der Waals surface area contributed by atoms with E-state index in [0.717, 1.165) is 30.7 Å². The number of pyridine rings is 1. The lowest BCUT2D eigenvalue weighted by molar-refractivity contribution is 0.0777. The molecule has 2 aromatic heterocycles. The molecule has 0 radical (unpaired) electrons. The monoisotopic (exact) mass is 306 g/mol. The molecule has 0 spiro atoms. The third-order valence-corrected chi connectivity index (χ3v) is 3.62. The molecule has 0 N–H and O–H groups in total. The highest BCUT2D eigenvalue weighted by molar-refractivity contribution is 9.10. The fraction of sp³-hybridized carbons (Fsp3) is 0.385. The lowest BCUT2D eigenvalue weighted by Gasteiger charge is -2.39. The first-order valence-electron chi connectivity index (χ1n) is 6.09. The van der Waals surface area contributed by atoms with Gasteiger partial charge in [0.2, 0.25) is 0 Å². The van der Waals surface area contributed by atoms with Crippen LogP contribution < -0.4 is 0 Å². The van der Waals surface area contributed by atoms with Gasteiger partial charge in [-0.05, 0) is 27.6 Å². The van der Waals surface area contributed by atoms with Gasteiger partial charge in [-0.15, -0.1) is 0 Å². The van der Waals surface area contributed by atoms with Crippen LogP contribution in [0.2, 0.25) is 0 Å². The molecular formula is C13H15BrN4. The van der Waals surface area contributed by atoms with Crippen LogP contribution in [0, 0.1) is 5.92 Å². The molecule has 1 aliphatic heterocycles. The summed E-state index contributed by atoms with van der Waals surface area (Å²) < 4.78 is 3.06. The van der Waals surface area contributed by atoms with Gasteiger partial charge in [-0.1, -0.05) is 6.07 Å². The zero-order valence-electron chi connectivity index (χ0n) is 10.0. The highest BCUT2D eigenvalue weighted by Gasteiger charge is 2.26. The maximum absolute atomic E-state index is 4.29. The van der Waals surface area contributed by atoms with Crippen LogP contribution in [0.4, 0.5) is 0 Å². The van der Waals surface area contributed by atoms with Crippen molar-refractivity contribution in [2.24, 2.45) is 5.92 Å². The number of nitrogens with zero attached hydrogens (tertiary/aromatic N) is 4. The fourth-order valence-electron chi connectivity index (χ4n) is 2.37. The quantitative estimate of drug-likeness (QED) is 0.868. The third-order valence-electron chi connectivity index (χ3n) is 3.21. The Morgan fingerprint density at radius 3 is 2.89 bits per heavy atom. The zero-order chi connectivity index (χ0) is 12.4. The van der Waals surface area contributed by atoms with Gasteiger partial charge in [0.1, 0.15) is 0 Å². The van der Waals surface area contributed by atoms with Crippen molar-refractivity contribution in [3.05, 3.63) is 47.0 Å². The average Bonchev–Trinajstić information content (AvgIpc) is 2.73. The van der Waals surface area contributed by atoms with Gasteiger partial charge >= 0.3 is 0 Å². The summed E-state index contributed by atoms with van der Waals surface area (Å²) in [6, 6.07) is 4.12. The van der Waals surface area contributed by atoms with Crippen LogP contribution in [0.25, 0.3) is 0 Å². The third kappa shape index (κ3) is 2.79. The largest absolute Gasteiger partial charge is 0.298 e. The van der Waals surface area contributed by atoms with Gasteiger partial charge in [0.05, 0.1) is 10.7 Å². The van der Waals surface area contributed by atoms with Crippen molar-refractivity contribution in [2.45, 2.75) is 13.1 Å². The van der Waals surface area contributed by atoms with Gasteiger partial charge in [0.25, 0.3) is 0 Å². The van der Waals surface area contributed by atoms with Crippen LogP contribution in [-0.2, 0) is 13.1 Å². The number of rotatable bonds is 4. The summed E-state index contributed by atoms with van der Waals surface area (Å²) in [7, 11) is 0. The zero-order valence-corrected chi connectivity index (χ0v) is 11.6. The average molecular weight is 307 g/mol. The Labute approximate surface area is 115 Å². The van der Waals surface area contributed by atoms with Crippen LogP contribution in [0.3, 0.4) is 0 Å². The Morgan fingerprint density at radius 1 is 1.33 bits per heavy atom.